The van der Waals surface area contributed by atoms with Gasteiger partial charge in [0, 0.05) is 10.8 Å². The van der Waals surface area contributed by atoms with Crippen LogP contribution in [0.3, 0.4) is 0 Å². The van der Waals surface area contributed by atoms with Gasteiger partial charge >= 0.3 is 5.97 Å². The summed E-state index contributed by atoms with van der Waals surface area (Å²) in [7, 11) is 7.69. The van der Waals surface area contributed by atoms with Gasteiger partial charge in [-0.15, -0.1) is 0 Å². The number of benzene rings is 3. The van der Waals surface area contributed by atoms with E-state index in [1.54, 1.807) is 41.4 Å². The fourth-order valence-electron chi connectivity index (χ4n) is 4.00. The molecule has 7 heteroatoms. The average Bonchev–Trinajstić information content (AvgIpc) is 2.70. The van der Waals surface area contributed by atoms with Gasteiger partial charge in [0.25, 0.3) is 0 Å². The largest absolute Gasteiger partial charge is 0.496 e. The lowest BCUT2D eigenvalue weighted by Gasteiger charge is -2.22. The molecule has 3 aromatic rings. The highest BCUT2D eigenvalue weighted by Gasteiger charge is 2.28. The van der Waals surface area contributed by atoms with E-state index in [9.17, 15) is 9.90 Å². The fraction of sp³-hybridized carbons (Fsp3) is 0.318. The van der Waals surface area contributed by atoms with Crippen LogP contribution >= 0.6 is 0 Å². The second-order valence-electron chi connectivity index (χ2n) is 6.55. The van der Waals surface area contributed by atoms with E-state index in [0.717, 1.165) is 5.56 Å². The Kier molecular flexibility index (Phi) is 5.33. The Labute approximate surface area is 168 Å². The van der Waals surface area contributed by atoms with Crippen LogP contribution in [0.1, 0.15) is 21.5 Å². The van der Waals surface area contributed by atoms with Crippen LogP contribution in [0.5, 0.6) is 28.7 Å². The summed E-state index contributed by atoms with van der Waals surface area (Å²) in [5, 5.41) is 12.4. The lowest BCUT2D eigenvalue weighted by atomic mass is 9.92. The Morgan fingerprint density at radius 1 is 0.724 bits per heavy atom. The summed E-state index contributed by atoms with van der Waals surface area (Å²) in [5.41, 5.74) is 1.42. The van der Waals surface area contributed by atoms with Crippen LogP contribution in [-0.2, 0) is 0 Å². The molecule has 0 bridgehead atoms. The third kappa shape index (κ3) is 2.85. The highest BCUT2D eigenvalue weighted by molar-refractivity contribution is 6.18. The van der Waals surface area contributed by atoms with Crippen LogP contribution in [-0.4, -0.2) is 46.6 Å². The van der Waals surface area contributed by atoms with E-state index in [4.69, 9.17) is 23.7 Å². The molecule has 0 radical (unpaired) electrons. The number of methoxy groups -OCH3 is 5. The molecule has 0 amide bonds. The van der Waals surface area contributed by atoms with Crippen LogP contribution < -0.4 is 23.7 Å². The predicted molar refractivity (Wildman–Crippen MR) is 111 cm³/mol. The monoisotopic (exact) mass is 400 g/mol. The van der Waals surface area contributed by atoms with Gasteiger partial charge in [-0.1, -0.05) is 0 Å². The number of carboxylic acid groups (broad SMARTS) is 1. The lowest BCUT2D eigenvalue weighted by Crippen LogP contribution is -2.06. The molecular weight excluding hydrogens is 376 g/mol. The van der Waals surface area contributed by atoms with E-state index in [2.05, 4.69) is 0 Å². The van der Waals surface area contributed by atoms with Crippen molar-refractivity contribution in [3.63, 3.8) is 0 Å². The summed E-state index contributed by atoms with van der Waals surface area (Å²) < 4.78 is 28.3. The molecule has 0 aliphatic rings. The summed E-state index contributed by atoms with van der Waals surface area (Å²) >= 11 is 0. The average molecular weight is 400 g/mol. The van der Waals surface area contributed by atoms with Gasteiger partial charge in [-0.25, -0.2) is 4.79 Å². The SMILES string of the molecule is COc1cc2c(OC)c3c(OC)cc(C)c(OC)c3c(OC)c2c(C)c1C(=O)O. The van der Waals surface area contributed by atoms with Gasteiger partial charge in [0.15, 0.2) is 0 Å². The van der Waals surface area contributed by atoms with Gasteiger partial charge in [-0.3, -0.25) is 0 Å². The van der Waals surface area contributed by atoms with Crippen LogP contribution in [0.25, 0.3) is 21.5 Å². The summed E-state index contributed by atoms with van der Waals surface area (Å²) in [6.45, 7) is 3.63. The first-order valence-electron chi connectivity index (χ1n) is 8.89. The molecule has 1 N–H and O–H groups in total. The molecule has 3 aromatic carbocycles. The Morgan fingerprint density at radius 2 is 1.31 bits per heavy atom. The number of fused-ring (bicyclic) bond motifs is 2. The predicted octanol–water partition coefficient (Wildman–Crippen LogP) is 4.35. The molecule has 3 rings (SSSR count). The molecular formula is C22H24O7. The zero-order valence-electron chi connectivity index (χ0n) is 17.6. The minimum atomic E-state index is -1.09. The number of rotatable bonds is 6. The number of ether oxygens (including phenoxy) is 5. The maximum atomic E-state index is 11.9. The molecule has 154 valence electrons. The van der Waals surface area contributed by atoms with E-state index in [1.165, 1.54) is 7.11 Å². The number of hydrogen-bond donors (Lipinski definition) is 1. The van der Waals surface area contributed by atoms with Crippen molar-refractivity contribution in [2.45, 2.75) is 13.8 Å². The van der Waals surface area contributed by atoms with Gasteiger partial charge in [-0.2, -0.15) is 0 Å². The highest BCUT2D eigenvalue weighted by Crippen LogP contribution is 2.53. The zero-order chi connectivity index (χ0) is 21.5. The Balaban J connectivity index is 2.77. The van der Waals surface area contributed by atoms with E-state index >= 15 is 0 Å². The van der Waals surface area contributed by atoms with Crippen LogP contribution in [0.15, 0.2) is 12.1 Å². The van der Waals surface area contributed by atoms with E-state index in [0.29, 0.717) is 50.1 Å². The lowest BCUT2D eigenvalue weighted by molar-refractivity contribution is 0.0692. The van der Waals surface area contributed by atoms with Crippen molar-refractivity contribution in [2.24, 2.45) is 0 Å². The summed E-state index contributed by atoms with van der Waals surface area (Å²) in [6.07, 6.45) is 0. The number of hydrogen-bond acceptors (Lipinski definition) is 6. The van der Waals surface area contributed by atoms with Crippen molar-refractivity contribution >= 4 is 27.5 Å². The van der Waals surface area contributed by atoms with Crippen LogP contribution in [0, 0.1) is 13.8 Å². The smallest absolute Gasteiger partial charge is 0.339 e. The topological polar surface area (TPSA) is 83.5 Å². The number of carboxylic acids is 1. The van der Waals surface area contributed by atoms with Crippen LogP contribution in [0.4, 0.5) is 0 Å². The molecule has 0 aromatic heterocycles. The first-order valence-corrected chi connectivity index (χ1v) is 8.89. The molecule has 0 unspecified atom stereocenters. The molecule has 7 nitrogen and oxygen atoms in total. The quantitative estimate of drug-likeness (QED) is 0.616. The minimum absolute atomic E-state index is 0.0679. The first kappa shape index (κ1) is 20.4. The van der Waals surface area contributed by atoms with Gasteiger partial charge in [0.05, 0.1) is 46.3 Å². The Morgan fingerprint density at radius 3 is 1.79 bits per heavy atom. The fourth-order valence-corrected chi connectivity index (χ4v) is 4.00. The normalized spacial score (nSPS) is 10.9. The van der Waals surface area contributed by atoms with Crippen molar-refractivity contribution in [3.05, 3.63) is 28.8 Å². The second kappa shape index (κ2) is 7.58. The van der Waals surface area contributed by atoms with Crippen molar-refractivity contribution < 1.29 is 33.6 Å². The van der Waals surface area contributed by atoms with Gasteiger partial charge in [0.1, 0.15) is 34.3 Å². The maximum absolute atomic E-state index is 11.9. The van der Waals surface area contributed by atoms with Crippen molar-refractivity contribution in [1.29, 1.82) is 0 Å². The molecule has 0 fully saturated rings. The van der Waals surface area contributed by atoms with Gasteiger partial charge in [-0.05, 0) is 37.1 Å². The molecule has 0 saturated carbocycles. The zero-order valence-corrected chi connectivity index (χ0v) is 17.6. The van der Waals surface area contributed by atoms with E-state index in [1.807, 2.05) is 13.0 Å². The standard InChI is InChI=1S/C22H24O7/c1-10-8-13(25-3)17-18(19(10)27-5)21(29-7)15-11(2)16(22(23)24)14(26-4)9-12(15)20(17)28-6/h8-9H,1-7H3,(H,23,24). The number of carbonyl (C=O) groups is 1. The summed E-state index contributed by atoms with van der Waals surface area (Å²) in [4.78, 5) is 11.9. The van der Waals surface area contributed by atoms with Crippen molar-refractivity contribution in [1.82, 2.24) is 0 Å². The van der Waals surface area contributed by atoms with Crippen molar-refractivity contribution in [2.75, 3.05) is 35.5 Å². The molecule has 0 spiro atoms. The highest BCUT2D eigenvalue weighted by atomic mass is 16.5. The first-order chi connectivity index (χ1) is 13.9. The van der Waals surface area contributed by atoms with E-state index in [-0.39, 0.29) is 11.3 Å². The van der Waals surface area contributed by atoms with Gasteiger partial charge < -0.3 is 28.8 Å². The number of aryl methyl sites for hydroxylation is 2. The molecule has 0 aliphatic carbocycles. The maximum Gasteiger partial charge on any atom is 0.339 e. The summed E-state index contributed by atoms with van der Waals surface area (Å²) in [6, 6.07) is 3.52. The van der Waals surface area contributed by atoms with Crippen LogP contribution in [0.2, 0.25) is 0 Å². The second-order valence-corrected chi connectivity index (χ2v) is 6.55. The molecule has 0 saturated heterocycles. The minimum Gasteiger partial charge on any atom is -0.496 e. The third-order valence-electron chi connectivity index (χ3n) is 5.16. The molecule has 0 aliphatic heterocycles. The third-order valence-corrected chi connectivity index (χ3v) is 5.16. The molecule has 0 heterocycles. The molecule has 29 heavy (non-hydrogen) atoms. The Hall–Kier alpha value is -3.35. The van der Waals surface area contributed by atoms with Crippen molar-refractivity contribution in [3.8, 4) is 28.7 Å². The Bertz CT molecular complexity index is 1130. The molecule has 0 atom stereocenters. The van der Waals surface area contributed by atoms with Gasteiger partial charge in [0.2, 0.25) is 0 Å². The number of aromatic carboxylic acids is 1. The summed E-state index contributed by atoms with van der Waals surface area (Å²) in [5.74, 6) is 1.34. The van der Waals surface area contributed by atoms with E-state index < -0.39 is 5.97 Å².